The molecule has 1 atom stereocenters. The fourth-order valence-corrected chi connectivity index (χ4v) is 3.49. The van der Waals surface area contributed by atoms with Gasteiger partial charge >= 0.3 is 0 Å². The second-order valence-corrected chi connectivity index (χ2v) is 7.18. The van der Waals surface area contributed by atoms with E-state index in [4.69, 9.17) is 15.3 Å². The molecule has 3 N–H and O–H groups in total. The third-order valence-corrected chi connectivity index (χ3v) is 5.07. The van der Waals surface area contributed by atoms with Gasteiger partial charge in [0.2, 0.25) is 11.8 Å². The van der Waals surface area contributed by atoms with Gasteiger partial charge in [-0.05, 0) is 30.9 Å². The molecule has 8 heteroatoms. The quantitative estimate of drug-likeness (QED) is 0.593. The number of hydrogen-bond donors (Lipinski definition) is 3. The summed E-state index contributed by atoms with van der Waals surface area (Å²) in [6.07, 6.45) is 3.98. The van der Waals surface area contributed by atoms with Gasteiger partial charge in [-0.3, -0.25) is 9.59 Å². The lowest BCUT2D eigenvalue weighted by Crippen LogP contribution is -2.46. The molecule has 1 saturated heterocycles. The van der Waals surface area contributed by atoms with Crippen LogP contribution in [0.25, 0.3) is 0 Å². The van der Waals surface area contributed by atoms with E-state index in [0.717, 1.165) is 23.2 Å². The highest BCUT2D eigenvalue weighted by Crippen LogP contribution is 2.20. The van der Waals surface area contributed by atoms with Crippen LogP contribution >= 0.6 is 0 Å². The summed E-state index contributed by atoms with van der Waals surface area (Å²) in [5, 5.41) is 21.4. The number of aromatic nitrogens is 1. The summed E-state index contributed by atoms with van der Waals surface area (Å²) in [4.78, 5) is 26.9. The number of nitrogens with zero attached hydrogens (tertiary/aromatic N) is 2. The minimum atomic E-state index is -0.467. The van der Waals surface area contributed by atoms with E-state index in [9.17, 15) is 9.59 Å². The Morgan fingerprint density at radius 1 is 1.31 bits per heavy atom. The van der Waals surface area contributed by atoms with Crippen LogP contribution in [0.4, 0.5) is 0 Å². The zero-order chi connectivity index (χ0) is 20.8. The number of nitrogens with one attached hydrogen (secondary N) is 3. The van der Waals surface area contributed by atoms with Crippen LogP contribution in [0.2, 0.25) is 0 Å². The minimum Gasteiger partial charge on any atom is -0.361 e. The van der Waals surface area contributed by atoms with E-state index in [0.29, 0.717) is 25.3 Å². The van der Waals surface area contributed by atoms with Crippen molar-refractivity contribution in [3.8, 4) is 0 Å². The maximum Gasteiger partial charge on any atom is 0.243 e. The Bertz CT molecular complexity index is 882. The topological polar surface area (TPSA) is 123 Å². The number of carbonyl (C=O) groups is 2. The first-order valence-electron chi connectivity index (χ1n) is 9.61. The van der Waals surface area contributed by atoms with Gasteiger partial charge < -0.3 is 25.6 Å². The largest absolute Gasteiger partial charge is 0.361 e. The van der Waals surface area contributed by atoms with E-state index < -0.39 is 6.04 Å². The van der Waals surface area contributed by atoms with Crippen molar-refractivity contribution in [3.63, 3.8) is 0 Å². The molecule has 0 bridgehead atoms. The summed E-state index contributed by atoms with van der Waals surface area (Å²) in [6.45, 7) is 2.72. The Kier molecular flexibility index (Phi) is 6.54. The Balaban J connectivity index is 1.56. The van der Waals surface area contributed by atoms with Crippen molar-refractivity contribution < 1.29 is 14.1 Å². The van der Waals surface area contributed by atoms with Crippen LogP contribution in [0.1, 0.15) is 41.3 Å². The highest BCUT2D eigenvalue weighted by molar-refractivity contribution is 5.89. The normalized spacial score (nSPS) is 17.0. The second-order valence-electron chi connectivity index (χ2n) is 7.18. The molecule has 29 heavy (non-hydrogen) atoms. The van der Waals surface area contributed by atoms with E-state index in [2.05, 4.69) is 10.5 Å². The lowest BCUT2D eigenvalue weighted by molar-refractivity contribution is -0.138. The first-order chi connectivity index (χ1) is 14.0. The molecule has 1 unspecified atom stereocenters. The van der Waals surface area contributed by atoms with E-state index in [1.54, 1.807) is 17.9 Å². The lowest BCUT2D eigenvalue weighted by Gasteiger charge is -2.23. The number of hydrogen-bond acceptors (Lipinski definition) is 6. The SMILES string of the molecule is Cc1cc(CC(=O)N2CCCC2C(=O)NCc2ccc(C(C=N)C=N)cc2)on1. The molecule has 2 amide bonds. The summed E-state index contributed by atoms with van der Waals surface area (Å²) in [7, 11) is 0. The molecule has 1 fully saturated rings. The maximum absolute atomic E-state index is 12.7. The molecule has 0 saturated carbocycles. The molecule has 0 spiro atoms. The fraction of sp³-hybridized carbons (Fsp3) is 0.381. The number of rotatable bonds is 8. The van der Waals surface area contributed by atoms with Gasteiger partial charge in [0.05, 0.1) is 18.0 Å². The van der Waals surface area contributed by atoms with Crippen molar-refractivity contribution >= 4 is 24.2 Å². The Morgan fingerprint density at radius 3 is 2.66 bits per heavy atom. The molecule has 2 aromatic rings. The molecule has 3 rings (SSSR count). The first kappa shape index (κ1) is 20.4. The van der Waals surface area contributed by atoms with E-state index >= 15 is 0 Å². The van der Waals surface area contributed by atoms with Gasteiger partial charge in [0.25, 0.3) is 0 Å². The van der Waals surface area contributed by atoms with Crippen LogP contribution in [-0.2, 0) is 22.6 Å². The molecule has 0 aliphatic carbocycles. The molecule has 0 radical (unpaired) electrons. The van der Waals surface area contributed by atoms with Gasteiger partial charge in [0.1, 0.15) is 11.8 Å². The van der Waals surface area contributed by atoms with E-state index in [1.807, 2.05) is 24.3 Å². The van der Waals surface area contributed by atoms with Crippen LogP contribution < -0.4 is 5.32 Å². The molecule has 8 nitrogen and oxygen atoms in total. The number of aryl methyl sites for hydroxylation is 1. The van der Waals surface area contributed by atoms with Crippen LogP contribution in [0.5, 0.6) is 0 Å². The fourth-order valence-electron chi connectivity index (χ4n) is 3.49. The Hall–Kier alpha value is -3.29. The number of amides is 2. The maximum atomic E-state index is 12.7. The van der Waals surface area contributed by atoms with Crippen LogP contribution in [0.3, 0.4) is 0 Å². The molecule has 152 valence electrons. The molecule has 1 aliphatic heterocycles. The van der Waals surface area contributed by atoms with E-state index in [-0.39, 0.29) is 24.2 Å². The van der Waals surface area contributed by atoms with Crippen molar-refractivity contribution in [1.29, 1.82) is 10.8 Å². The van der Waals surface area contributed by atoms with Gasteiger partial charge in [-0.25, -0.2) is 0 Å². The molecule has 1 aliphatic rings. The van der Waals surface area contributed by atoms with Crippen LogP contribution in [0, 0.1) is 17.7 Å². The Labute approximate surface area is 169 Å². The van der Waals surface area contributed by atoms with Gasteiger partial charge in [-0.15, -0.1) is 0 Å². The average Bonchev–Trinajstić information content (AvgIpc) is 3.37. The van der Waals surface area contributed by atoms with Gasteiger partial charge in [0, 0.05) is 31.6 Å². The van der Waals surface area contributed by atoms with Gasteiger partial charge in [-0.2, -0.15) is 0 Å². The summed E-state index contributed by atoms with van der Waals surface area (Å²) in [5.41, 5.74) is 2.51. The number of benzene rings is 1. The molecule has 1 aromatic carbocycles. The summed E-state index contributed by atoms with van der Waals surface area (Å²) >= 11 is 0. The van der Waals surface area contributed by atoms with Crippen molar-refractivity contribution in [3.05, 3.63) is 52.9 Å². The smallest absolute Gasteiger partial charge is 0.243 e. The molecule has 1 aromatic heterocycles. The van der Waals surface area contributed by atoms with Crippen molar-refractivity contribution in [2.24, 2.45) is 0 Å². The monoisotopic (exact) mass is 395 g/mol. The van der Waals surface area contributed by atoms with Gasteiger partial charge in [-0.1, -0.05) is 29.4 Å². The minimum absolute atomic E-state index is 0.104. The standard InChI is InChI=1S/C21H25N5O3/c1-14-9-18(29-25-14)10-20(27)26-8-2-3-19(26)21(28)24-13-15-4-6-16(7-5-15)17(11-22)12-23/h4-7,9,11-12,17,19,22-23H,2-3,8,10,13H2,1H3,(H,24,28). The van der Waals surface area contributed by atoms with Crippen molar-refractivity contribution in [1.82, 2.24) is 15.4 Å². The van der Waals surface area contributed by atoms with Gasteiger partial charge in [0.15, 0.2) is 0 Å². The highest BCUT2D eigenvalue weighted by atomic mass is 16.5. The average molecular weight is 395 g/mol. The molecular weight excluding hydrogens is 370 g/mol. The number of carbonyl (C=O) groups excluding carboxylic acids is 2. The van der Waals surface area contributed by atoms with Crippen molar-refractivity contribution in [2.45, 2.75) is 44.7 Å². The Morgan fingerprint density at radius 2 is 2.03 bits per heavy atom. The second kappa shape index (κ2) is 9.27. The predicted octanol–water partition coefficient (Wildman–Crippen LogP) is 2.22. The lowest BCUT2D eigenvalue weighted by atomic mass is 10.0. The van der Waals surface area contributed by atoms with Crippen molar-refractivity contribution in [2.75, 3.05) is 6.54 Å². The summed E-state index contributed by atoms with van der Waals surface area (Å²) < 4.78 is 5.11. The zero-order valence-electron chi connectivity index (χ0n) is 16.4. The number of likely N-dealkylation sites (tertiary alicyclic amines) is 1. The zero-order valence-corrected chi connectivity index (χ0v) is 16.4. The van der Waals surface area contributed by atoms with Crippen LogP contribution in [0.15, 0.2) is 34.9 Å². The van der Waals surface area contributed by atoms with Crippen LogP contribution in [-0.4, -0.2) is 46.9 Å². The first-order valence-corrected chi connectivity index (χ1v) is 9.61. The third kappa shape index (κ3) is 4.96. The summed E-state index contributed by atoms with van der Waals surface area (Å²) in [5.74, 6) is -0.116. The highest BCUT2D eigenvalue weighted by Gasteiger charge is 2.34. The van der Waals surface area contributed by atoms with E-state index in [1.165, 1.54) is 12.4 Å². The molecule has 2 heterocycles. The summed E-state index contributed by atoms with van der Waals surface area (Å²) in [6, 6.07) is 8.72. The molecular formula is C21H25N5O3. The predicted molar refractivity (Wildman–Crippen MR) is 108 cm³/mol. The third-order valence-electron chi connectivity index (χ3n) is 5.07.